The van der Waals surface area contributed by atoms with E-state index in [-0.39, 0.29) is 36.4 Å². The van der Waals surface area contributed by atoms with Crippen LogP contribution < -0.4 is 0 Å². The highest BCUT2D eigenvalue weighted by atomic mass is 79.9. The lowest BCUT2D eigenvalue weighted by molar-refractivity contribution is 0.0619. The minimum Gasteiger partial charge on any atom is -0.507 e. The third kappa shape index (κ3) is 3.94. The van der Waals surface area contributed by atoms with Crippen LogP contribution in [0.15, 0.2) is 22.7 Å². The van der Waals surface area contributed by atoms with Gasteiger partial charge < -0.3 is 15.1 Å². The van der Waals surface area contributed by atoms with Gasteiger partial charge in [0.05, 0.1) is 12.2 Å². The van der Waals surface area contributed by atoms with Crippen molar-refractivity contribution in [2.24, 2.45) is 0 Å². The zero-order valence-corrected chi connectivity index (χ0v) is 12.9. The third-order valence-corrected chi connectivity index (χ3v) is 3.67. The Balaban J connectivity index is 3.08. The Hall–Kier alpha value is -1.07. The number of phenolic OH excluding ortho intramolecular Hbond substituents is 1. The topological polar surface area (TPSA) is 60.8 Å². The molecule has 0 aliphatic rings. The van der Waals surface area contributed by atoms with Crippen LogP contribution in [0.3, 0.4) is 0 Å². The van der Waals surface area contributed by atoms with Gasteiger partial charge in [0, 0.05) is 17.1 Å². The average molecular weight is 330 g/mol. The van der Waals surface area contributed by atoms with E-state index in [1.807, 2.05) is 13.8 Å². The van der Waals surface area contributed by atoms with Gasteiger partial charge in [-0.15, -0.1) is 0 Å². The molecular weight excluding hydrogens is 310 g/mol. The van der Waals surface area contributed by atoms with Crippen molar-refractivity contribution in [1.29, 1.82) is 0 Å². The van der Waals surface area contributed by atoms with Crippen molar-refractivity contribution in [1.82, 2.24) is 4.90 Å². The number of aromatic hydroxyl groups is 1. The number of nitrogens with zero attached hydrogens (tertiary/aromatic N) is 1. The SMILES string of the molecule is CCC(CC)N(CCO)C(=O)c1cc(Br)ccc1O. The number of carbonyl (C=O) groups is 1. The molecule has 0 radical (unpaired) electrons. The van der Waals surface area contributed by atoms with E-state index in [0.29, 0.717) is 0 Å². The first-order valence-electron chi connectivity index (χ1n) is 6.45. The lowest BCUT2D eigenvalue weighted by atomic mass is 10.1. The van der Waals surface area contributed by atoms with Crippen LogP contribution >= 0.6 is 15.9 Å². The molecule has 0 saturated heterocycles. The lowest BCUT2D eigenvalue weighted by Gasteiger charge is -2.30. The number of rotatable bonds is 6. The molecule has 19 heavy (non-hydrogen) atoms. The van der Waals surface area contributed by atoms with Gasteiger partial charge in [-0.3, -0.25) is 4.79 Å². The first kappa shape index (κ1) is 16.0. The minimum absolute atomic E-state index is 0.0397. The number of carbonyl (C=O) groups excluding carboxylic acids is 1. The molecule has 1 rings (SSSR count). The molecule has 5 heteroatoms. The summed E-state index contributed by atoms with van der Waals surface area (Å²) in [6.45, 7) is 4.20. The van der Waals surface area contributed by atoms with Gasteiger partial charge in [0.2, 0.25) is 0 Å². The molecule has 0 heterocycles. The van der Waals surface area contributed by atoms with Crippen molar-refractivity contribution in [3.05, 3.63) is 28.2 Å². The number of halogens is 1. The predicted molar refractivity (Wildman–Crippen MR) is 78.3 cm³/mol. The van der Waals surface area contributed by atoms with Crippen LogP contribution in [0.2, 0.25) is 0 Å². The van der Waals surface area contributed by atoms with Gasteiger partial charge in [0.25, 0.3) is 5.91 Å². The number of benzene rings is 1. The normalized spacial score (nSPS) is 10.8. The molecule has 0 fully saturated rings. The molecule has 106 valence electrons. The smallest absolute Gasteiger partial charge is 0.257 e. The van der Waals surface area contributed by atoms with Crippen molar-refractivity contribution in [2.45, 2.75) is 32.7 Å². The number of hydrogen-bond acceptors (Lipinski definition) is 3. The molecule has 2 N–H and O–H groups in total. The fourth-order valence-corrected chi connectivity index (χ4v) is 2.48. The number of phenols is 1. The maximum atomic E-state index is 12.5. The summed E-state index contributed by atoms with van der Waals surface area (Å²) in [5.41, 5.74) is 0.259. The largest absolute Gasteiger partial charge is 0.507 e. The zero-order chi connectivity index (χ0) is 14.4. The maximum absolute atomic E-state index is 12.5. The second-order valence-corrected chi connectivity index (χ2v) is 5.27. The van der Waals surface area contributed by atoms with Crippen LogP contribution in [0.5, 0.6) is 5.75 Å². The summed E-state index contributed by atoms with van der Waals surface area (Å²) in [6.07, 6.45) is 1.63. The second-order valence-electron chi connectivity index (χ2n) is 4.35. The monoisotopic (exact) mass is 329 g/mol. The Morgan fingerprint density at radius 1 is 1.37 bits per heavy atom. The number of aliphatic hydroxyl groups is 1. The van der Waals surface area contributed by atoms with E-state index in [2.05, 4.69) is 15.9 Å². The molecule has 4 nitrogen and oxygen atoms in total. The molecule has 0 bridgehead atoms. The Bertz CT molecular complexity index is 433. The van der Waals surface area contributed by atoms with Crippen LogP contribution in [0, 0.1) is 0 Å². The predicted octanol–water partition coefficient (Wildman–Crippen LogP) is 2.78. The van der Waals surface area contributed by atoms with Crippen LogP contribution in [-0.2, 0) is 0 Å². The molecule has 0 unspecified atom stereocenters. The molecule has 0 atom stereocenters. The van der Waals surface area contributed by atoms with E-state index < -0.39 is 0 Å². The summed E-state index contributed by atoms with van der Waals surface area (Å²) in [5.74, 6) is -0.288. The van der Waals surface area contributed by atoms with Crippen LogP contribution in [0.1, 0.15) is 37.0 Å². The first-order valence-corrected chi connectivity index (χ1v) is 7.24. The molecule has 0 aliphatic carbocycles. The highest BCUT2D eigenvalue weighted by molar-refractivity contribution is 9.10. The number of amides is 1. The fourth-order valence-electron chi connectivity index (χ4n) is 2.12. The maximum Gasteiger partial charge on any atom is 0.257 e. The van der Waals surface area contributed by atoms with Crippen LogP contribution in [0.25, 0.3) is 0 Å². The lowest BCUT2D eigenvalue weighted by Crippen LogP contribution is -2.41. The molecule has 1 amide bonds. The highest BCUT2D eigenvalue weighted by Crippen LogP contribution is 2.24. The quantitative estimate of drug-likeness (QED) is 0.843. The Morgan fingerprint density at radius 2 is 2.00 bits per heavy atom. The molecule has 0 spiro atoms. The van der Waals surface area contributed by atoms with Gasteiger partial charge in [0.15, 0.2) is 0 Å². The molecular formula is C14H20BrNO3. The summed E-state index contributed by atoms with van der Waals surface area (Å²) < 4.78 is 0.738. The van der Waals surface area contributed by atoms with Crippen molar-refractivity contribution in [3.63, 3.8) is 0 Å². The van der Waals surface area contributed by atoms with Crippen molar-refractivity contribution < 1.29 is 15.0 Å². The number of aliphatic hydroxyl groups excluding tert-OH is 1. The molecule has 0 saturated carbocycles. The van der Waals surface area contributed by atoms with E-state index in [4.69, 9.17) is 5.11 Å². The van der Waals surface area contributed by atoms with E-state index in [9.17, 15) is 9.90 Å². The van der Waals surface area contributed by atoms with E-state index in [0.717, 1.165) is 17.3 Å². The molecule has 0 aliphatic heterocycles. The zero-order valence-electron chi connectivity index (χ0n) is 11.3. The minimum atomic E-state index is -0.249. The summed E-state index contributed by atoms with van der Waals surface area (Å²) in [6, 6.07) is 4.84. The first-order chi connectivity index (χ1) is 9.04. The summed E-state index contributed by atoms with van der Waals surface area (Å²) in [5, 5.41) is 18.9. The molecule has 1 aromatic rings. The van der Waals surface area contributed by atoms with E-state index in [1.54, 1.807) is 17.0 Å². The van der Waals surface area contributed by atoms with E-state index >= 15 is 0 Å². The summed E-state index contributed by atoms with van der Waals surface area (Å²) in [7, 11) is 0. The van der Waals surface area contributed by atoms with Gasteiger partial charge in [-0.2, -0.15) is 0 Å². The summed E-state index contributed by atoms with van der Waals surface area (Å²) >= 11 is 3.29. The van der Waals surface area contributed by atoms with Crippen molar-refractivity contribution >= 4 is 21.8 Å². The van der Waals surface area contributed by atoms with Gasteiger partial charge in [-0.1, -0.05) is 29.8 Å². The van der Waals surface area contributed by atoms with Gasteiger partial charge in [-0.25, -0.2) is 0 Å². The number of hydrogen-bond donors (Lipinski definition) is 2. The van der Waals surface area contributed by atoms with Crippen molar-refractivity contribution in [2.75, 3.05) is 13.2 Å². The Morgan fingerprint density at radius 3 is 2.53 bits per heavy atom. The Kier molecular flexibility index (Phi) is 6.31. The standard InChI is InChI=1S/C14H20BrNO3/c1-3-11(4-2)16(7-8-17)14(19)12-9-10(15)5-6-13(12)18/h5-6,9,11,17-18H,3-4,7-8H2,1-2H3. The summed E-state index contributed by atoms with van der Waals surface area (Å²) in [4.78, 5) is 14.1. The van der Waals surface area contributed by atoms with Gasteiger partial charge in [-0.05, 0) is 31.0 Å². The second kappa shape index (κ2) is 7.50. The molecule has 1 aromatic carbocycles. The average Bonchev–Trinajstić information content (AvgIpc) is 2.41. The van der Waals surface area contributed by atoms with Crippen molar-refractivity contribution in [3.8, 4) is 5.75 Å². The highest BCUT2D eigenvalue weighted by Gasteiger charge is 2.24. The van der Waals surface area contributed by atoms with E-state index in [1.165, 1.54) is 6.07 Å². The van der Waals surface area contributed by atoms with Gasteiger partial charge in [0.1, 0.15) is 5.75 Å². The van der Waals surface area contributed by atoms with Gasteiger partial charge >= 0.3 is 0 Å². The Labute approximate surface area is 122 Å². The molecule has 0 aromatic heterocycles. The van der Waals surface area contributed by atoms with Crippen LogP contribution in [-0.4, -0.2) is 40.2 Å². The fraction of sp³-hybridized carbons (Fsp3) is 0.500. The third-order valence-electron chi connectivity index (χ3n) is 3.17. The van der Waals surface area contributed by atoms with Crippen LogP contribution in [0.4, 0.5) is 0 Å².